The average Bonchev–Trinajstić information content (AvgIpc) is 1.79. The van der Waals surface area contributed by atoms with Gasteiger partial charge in [-0.2, -0.15) is 9.97 Å². The van der Waals surface area contributed by atoms with Gasteiger partial charge in [0.05, 0.1) is 68.6 Å². The number of amides is 11. The van der Waals surface area contributed by atoms with Crippen molar-refractivity contribution in [1.29, 1.82) is 0 Å². The van der Waals surface area contributed by atoms with Gasteiger partial charge in [-0.05, 0) is 111 Å². The molecule has 38 heteroatoms. The van der Waals surface area contributed by atoms with Crippen LogP contribution in [0.1, 0.15) is 175 Å². The molecule has 0 fully saturated rings. The molecule has 0 saturated heterocycles. The number of phenols is 4. The Hall–Kier alpha value is -12.1. The fourth-order valence-corrected chi connectivity index (χ4v) is 14.3. The first-order chi connectivity index (χ1) is 59.0. The smallest absolute Gasteiger partial charge is 0.506 e. The first-order valence-electron chi connectivity index (χ1n) is 40.9. The van der Waals surface area contributed by atoms with E-state index in [1.807, 2.05) is 43.9 Å². The number of aromatic nitrogens is 5. The first-order valence-corrected chi connectivity index (χ1v) is 40.9. The Kier molecular flexibility index (Phi) is 35.4. The van der Waals surface area contributed by atoms with Gasteiger partial charge in [0.15, 0.2) is 11.2 Å². The second-order valence-electron chi connectivity index (χ2n) is 30.0. The van der Waals surface area contributed by atoms with Crippen molar-refractivity contribution in [3.05, 3.63) is 189 Å². The maximum absolute atomic E-state index is 14.7. The fourth-order valence-electron chi connectivity index (χ4n) is 14.3. The van der Waals surface area contributed by atoms with Crippen LogP contribution >= 0.6 is 0 Å². The van der Waals surface area contributed by atoms with Gasteiger partial charge in [0.2, 0.25) is 23.6 Å². The monoisotopic (exact) mass is 1830 g/mol. The third kappa shape index (κ3) is 27.4. The number of rotatable bonds is 20. The number of fused-ring (bicyclic) bond motifs is 17. The summed E-state index contributed by atoms with van der Waals surface area (Å²) in [6.45, 7) is 4.15. The van der Waals surface area contributed by atoms with Crippen molar-refractivity contribution in [2.24, 2.45) is 0 Å². The topological polar surface area (TPSA) is 517 Å². The molecule has 37 nitrogen and oxygen atoms in total. The molecule has 4 aliphatic rings. The number of nitrogens with two attached hydrogens (primary N) is 1. The molecule has 8 aromatic rings. The summed E-state index contributed by atoms with van der Waals surface area (Å²) in [4.78, 5) is 180. The number of anilines is 1. The number of aromatic hydroxyl groups is 4. The number of pyridine rings is 1. The van der Waals surface area contributed by atoms with Crippen LogP contribution in [0.25, 0.3) is 11.2 Å². The Morgan fingerprint density at radius 3 is 1.34 bits per heavy atom. The standard InChI is InChI=1S/C85H105N21O16.Tb/c1-53-49-105-40-34-92-78(116)61-15-8-13-59(70(61)109)76(114)88-30-36-103(38-32-90-80(118)63-17-10-19-65(72(63)111)82(120)99-53)42-43-104-37-31-89-77(115)60-14-9-16-62(71(60)110)79(117)93-35-41-106(45-44-105)50-58(100-83(121)66-20-11-18-64(73(66)112)81(119)91-33-39-104)12-6-7-29-87-67(107)21-4-2-3-5-22-68(108)95-48-57-28-27-56(47-94-57)75(113)96-46-54-23-25-55(26-24-54)51-122-84-69-74(98-52-97-69)101-85(86)102-84;/h8-11,13-20,23-28,47,52-53,58,109-112H,2-7,12,21-22,29-46,48-51H2,1H3,(H,87,107)(H,88,114)(H,89,115)(H,90,118)(H,91,119)(H,92,116)(H,93,117)(H,95,108)(H,96,113)(H,99,120)(H,100,121)(H3,86,97,98,101,102);/q;+3. The van der Waals surface area contributed by atoms with Gasteiger partial charge < -0.3 is 94.4 Å². The molecule has 0 radical (unpaired) electrons. The molecule has 5 aromatic carbocycles. The predicted octanol–water partition coefficient (Wildman–Crippen LogP) is 2.55. The Bertz CT molecular complexity index is 5040. The SMILES string of the molecule is CC1CN2CCNC(=O)c3cccc(c3O)C(=O)NCCN(CCNC(=O)c3cccc(c3O)C(=O)N1)CCN1CCNC(=O)c3cccc(c3O)C(=O)NCCN(CC2)CC(CCCCNC(=O)CCCCCCC(=O)NCc2ccc(C(=O)NCc3ccc(COc4nc(N)nc5[nH]cnc45)cc3)cn2)NC(=O)c2cccc(c2O)C(=O)NCC1.[Tb+3]. The van der Waals surface area contributed by atoms with Crippen molar-refractivity contribution in [3.63, 3.8) is 0 Å². The number of H-pyrrole nitrogens is 1. The molecule has 12 bridgehead atoms. The van der Waals surface area contributed by atoms with Crippen molar-refractivity contribution in [1.82, 2.24) is 103 Å². The summed E-state index contributed by atoms with van der Waals surface area (Å²) in [5.74, 6) is -8.16. The predicted molar refractivity (Wildman–Crippen MR) is 449 cm³/mol. The van der Waals surface area contributed by atoms with Crippen LogP contribution in [0.3, 0.4) is 0 Å². The molecule has 123 heavy (non-hydrogen) atoms. The molecule has 0 spiro atoms. The van der Waals surface area contributed by atoms with E-state index in [1.54, 1.807) is 19.1 Å². The number of para-hydroxylation sites is 4. The van der Waals surface area contributed by atoms with Crippen LogP contribution in [0.2, 0.25) is 0 Å². The van der Waals surface area contributed by atoms with Gasteiger partial charge in [-0.25, -0.2) is 4.98 Å². The van der Waals surface area contributed by atoms with Crippen LogP contribution in [-0.4, -0.2) is 266 Å². The molecular weight excluding hydrogens is 1730 g/mol. The number of phenolic OH excluding ortho intramolecular Hbond substituents is 4. The third-order valence-electron chi connectivity index (χ3n) is 21.1. The van der Waals surface area contributed by atoms with E-state index in [0.29, 0.717) is 67.4 Å². The van der Waals surface area contributed by atoms with Gasteiger partial charge in [0.25, 0.3) is 53.2 Å². The number of ether oxygens (including phenoxy) is 1. The quantitative estimate of drug-likeness (QED) is 0.0488. The number of nitrogens with zero attached hydrogens (tertiary/aromatic N) is 8. The Morgan fingerprint density at radius 1 is 0.455 bits per heavy atom. The number of unbranched alkanes of at least 4 members (excludes halogenated alkanes) is 4. The number of carbonyl (C=O) groups excluding carboxylic acids is 11. The molecule has 0 aliphatic carbocycles. The van der Waals surface area contributed by atoms with Crippen LogP contribution in [0.15, 0.2) is 122 Å². The molecular formula is C85H105N21O16Tb+3. The molecule has 6 unspecified atom stereocenters. The number of aromatic amines is 1. The minimum absolute atomic E-state index is 0. The van der Waals surface area contributed by atoms with Crippen LogP contribution in [-0.2, 0) is 29.3 Å². The molecule has 18 N–H and O–H groups in total. The number of imidazole rings is 1. The number of hydrogen-bond donors (Lipinski definition) is 17. The summed E-state index contributed by atoms with van der Waals surface area (Å²) in [6.07, 6.45) is 7.16. The van der Waals surface area contributed by atoms with Crippen LogP contribution < -0.4 is 69.0 Å². The molecule has 652 valence electrons. The van der Waals surface area contributed by atoms with E-state index in [9.17, 15) is 73.2 Å². The van der Waals surface area contributed by atoms with Gasteiger partial charge in [0, 0.05) is 162 Å². The van der Waals surface area contributed by atoms with Gasteiger partial charge in [-0.3, -0.25) is 77.3 Å². The second-order valence-corrected chi connectivity index (χ2v) is 30.0. The van der Waals surface area contributed by atoms with E-state index < -0.39 is 82.3 Å². The maximum atomic E-state index is 14.7. The normalized spacial score (nSPS) is 19.0. The Labute approximate surface area is 740 Å². The number of nitrogens with one attached hydrogen (secondary N) is 12. The van der Waals surface area contributed by atoms with E-state index in [4.69, 9.17) is 10.5 Å². The zero-order chi connectivity index (χ0) is 86.4. The first kappa shape index (κ1) is 93.2. The van der Waals surface area contributed by atoms with Gasteiger partial charge >= 0.3 is 38.6 Å². The summed E-state index contributed by atoms with van der Waals surface area (Å²) < 4.78 is 5.86. The molecule has 12 rings (SSSR count). The van der Waals surface area contributed by atoms with E-state index >= 15 is 0 Å². The summed E-state index contributed by atoms with van der Waals surface area (Å²) in [7, 11) is 0. The number of nitrogen functional groups attached to an aromatic ring is 1. The maximum Gasteiger partial charge on any atom is 3.00 e. The largest absolute Gasteiger partial charge is 3.00 e. The van der Waals surface area contributed by atoms with Gasteiger partial charge in [-0.15, -0.1) is 0 Å². The fraction of sp³-hybridized carbons (Fsp3) is 0.400. The van der Waals surface area contributed by atoms with Crippen molar-refractivity contribution in [3.8, 4) is 28.9 Å². The number of benzene rings is 5. The number of hydrogen-bond acceptors (Lipinski definition) is 25. The molecule has 11 amide bonds. The second kappa shape index (κ2) is 46.8. The summed E-state index contributed by atoms with van der Waals surface area (Å²) in [6, 6.07) is 26.3. The minimum Gasteiger partial charge on any atom is -0.506 e. The van der Waals surface area contributed by atoms with Gasteiger partial charge in [-0.1, -0.05) is 61.4 Å². The van der Waals surface area contributed by atoms with Crippen molar-refractivity contribution < 1.29 is 117 Å². The Morgan fingerprint density at radius 2 is 0.878 bits per heavy atom. The number of carbonyl (C=O) groups is 11. The van der Waals surface area contributed by atoms with Gasteiger partial charge in [0.1, 0.15) is 29.6 Å². The van der Waals surface area contributed by atoms with E-state index in [0.717, 1.165) is 11.1 Å². The Balaban J connectivity index is 0.0000158. The van der Waals surface area contributed by atoms with Crippen LogP contribution in [0.5, 0.6) is 28.9 Å². The average molecular weight is 1840 g/mol. The molecule has 7 heterocycles. The zero-order valence-corrected chi connectivity index (χ0v) is 70.4. The van der Waals surface area contributed by atoms with Crippen molar-refractivity contribution in [2.75, 3.05) is 130 Å². The van der Waals surface area contributed by atoms with E-state index in [2.05, 4.69) is 83.4 Å². The summed E-state index contributed by atoms with van der Waals surface area (Å²) in [5.41, 5.74) is 7.94. The van der Waals surface area contributed by atoms with Crippen molar-refractivity contribution >= 4 is 82.1 Å². The van der Waals surface area contributed by atoms with Crippen LogP contribution in [0, 0.1) is 38.6 Å². The van der Waals surface area contributed by atoms with E-state index in [-0.39, 0.29) is 270 Å². The molecule has 6 atom stereocenters. The third-order valence-corrected chi connectivity index (χ3v) is 21.1. The van der Waals surface area contributed by atoms with E-state index in [1.165, 1.54) is 85.3 Å². The summed E-state index contributed by atoms with van der Waals surface area (Å²) >= 11 is 0. The minimum atomic E-state index is -0.739. The van der Waals surface area contributed by atoms with Crippen molar-refractivity contribution in [2.45, 2.75) is 96.5 Å². The summed E-state index contributed by atoms with van der Waals surface area (Å²) in [5, 5.41) is 78.4. The van der Waals surface area contributed by atoms with Crippen LogP contribution in [0.4, 0.5) is 5.95 Å². The molecule has 4 aliphatic heterocycles. The molecule has 0 saturated carbocycles. The molecule has 3 aromatic heterocycles. The zero-order valence-electron chi connectivity index (χ0n) is 68.3.